The Morgan fingerprint density at radius 2 is 1.58 bits per heavy atom. The molecule has 0 fully saturated rings. The molecule has 1 N–H and O–H groups in total. The molecule has 0 heterocycles. The van der Waals surface area contributed by atoms with Crippen LogP contribution in [0.25, 0.3) is 0 Å². The van der Waals surface area contributed by atoms with Crippen LogP contribution in [0, 0.1) is 0 Å². The van der Waals surface area contributed by atoms with E-state index in [2.05, 4.69) is 61.3 Å². The highest BCUT2D eigenvalue weighted by molar-refractivity contribution is 5.18. The first kappa shape index (κ1) is 16.2. The normalized spacial score (nSPS) is 12.8. The van der Waals surface area contributed by atoms with E-state index in [1.54, 1.807) is 0 Å². The molecule has 0 aromatic heterocycles. The molecule has 0 bridgehead atoms. The van der Waals surface area contributed by atoms with Crippen LogP contribution in [0.2, 0.25) is 0 Å². The highest BCUT2D eigenvalue weighted by atomic mass is 15.1. The van der Waals surface area contributed by atoms with E-state index in [0.717, 1.165) is 6.54 Å². The topological polar surface area (TPSA) is 15.3 Å². The smallest absolute Gasteiger partial charge is 0.0332 e. The van der Waals surface area contributed by atoms with Crippen LogP contribution in [0.3, 0.4) is 0 Å². The van der Waals surface area contributed by atoms with Gasteiger partial charge < -0.3 is 10.2 Å². The maximum Gasteiger partial charge on any atom is 0.0332 e. The van der Waals surface area contributed by atoms with Crippen molar-refractivity contribution in [1.82, 2.24) is 10.2 Å². The first-order valence-electron chi connectivity index (χ1n) is 7.82. The van der Waals surface area contributed by atoms with E-state index < -0.39 is 0 Å². The maximum absolute atomic E-state index is 3.61. The zero-order valence-corrected chi connectivity index (χ0v) is 12.9. The molecule has 108 valence electrons. The van der Waals surface area contributed by atoms with Gasteiger partial charge in [-0.05, 0) is 51.0 Å². The molecule has 0 aliphatic heterocycles. The summed E-state index contributed by atoms with van der Waals surface area (Å²) in [5, 5.41) is 3.61. The molecule has 0 spiro atoms. The number of benzene rings is 1. The van der Waals surface area contributed by atoms with Gasteiger partial charge in [0.2, 0.25) is 0 Å². The molecule has 2 nitrogen and oxygen atoms in total. The third-order valence-electron chi connectivity index (χ3n) is 3.47. The van der Waals surface area contributed by atoms with Gasteiger partial charge in [0.25, 0.3) is 0 Å². The molecule has 0 aliphatic rings. The van der Waals surface area contributed by atoms with Crippen LogP contribution in [-0.2, 0) is 0 Å². The molecule has 0 amide bonds. The van der Waals surface area contributed by atoms with E-state index in [-0.39, 0.29) is 0 Å². The standard InChI is InChI=1S/C17H30N2/c1-4-13-19(14-5-2)15-12-17(18-6-3)16-10-8-7-9-11-16/h7-11,17-18H,4-6,12-15H2,1-3H3. The van der Waals surface area contributed by atoms with Crippen LogP contribution in [0.5, 0.6) is 0 Å². The molecule has 0 saturated heterocycles. The lowest BCUT2D eigenvalue weighted by atomic mass is 10.0. The van der Waals surface area contributed by atoms with Crippen LogP contribution in [0.1, 0.15) is 51.6 Å². The third-order valence-corrected chi connectivity index (χ3v) is 3.47. The molecule has 2 heteroatoms. The van der Waals surface area contributed by atoms with E-state index in [9.17, 15) is 0 Å². The van der Waals surface area contributed by atoms with Crippen molar-refractivity contribution in [3.05, 3.63) is 35.9 Å². The summed E-state index contributed by atoms with van der Waals surface area (Å²) in [6, 6.07) is 11.3. The van der Waals surface area contributed by atoms with Gasteiger partial charge in [-0.1, -0.05) is 51.1 Å². The first-order chi connectivity index (χ1) is 9.31. The van der Waals surface area contributed by atoms with Gasteiger partial charge in [-0.25, -0.2) is 0 Å². The fourth-order valence-electron chi connectivity index (χ4n) is 2.60. The minimum Gasteiger partial charge on any atom is -0.310 e. The lowest BCUT2D eigenvalue weighted by Crippen LogP contribution is -2.30. The monoisotopic (exact) mass is 262 g/mol. The van der Waals surface area contributed by atoms with Crippen LogP contribution < -0.4 is 5.32 Å². The number of nitrogens with zero attached hydrogens (tertiary/aromatic N) is 1. The highest BCUT2D eigenvalue weighted by Gasteiger charge is 2.11. The van der Waals surface area contributed by atoms with Gasteiger partial charge in [-0.2, -0.15) is 0 Å². The van der Waals surface area contributed by atoms with Gasteiger partial charge in [0.1, 0.15) is 0 Å². The van der Waals surface area contributed by atoms with E-state index >= 15 is 0 Å². The quantitative estimate of drug-likeness (QED) is 0.689. The molecule has 0 radical (unpaired) electrons. The lowest BCUT2D eigenvalue weighted by Gasteiger charge is -2.25. The molecule has 1 unspecified atom stereocenters. The number of nitrogens with one attached hydrogen (secondary N) is 1. The van der Waals surface area contributed by atoms with Crippen molar-refractivity contribution in [3.63, 3.8) is 0 Å². The predicted octanol–water partition coefficient (Wildman–Crippen LogP) is 3.85. The fraction of sp³-hybridized carbons (Fsp3) is 0.647. The zero-order valence-electron chi connectivity index (χ0n) is 12.9. The van der Waals surface area contributed by atoms with Gasteiger partial charge in [0, 0.05) is 6.04 Å². The Hall–Kier alpha value is -0.860. The summed E-state index contributed by atoms with van der Waals surface area (Å²) in [7, 11) is 0. The Morgan fingerprint density at radius 1 is 0.947 bits per heavy atom. The average molecular weight is 262 g/mol. The van der Waals surface area contributed by atoms with Crippen molar-refractivity contribution < 1.29 is 0 Å². The summed E-state index contributed by atoms with van der Waals surface area (Å²) in [4.78, 5) is 2.59. The fourth-order valence-corrected chi connectivity index (χ4v) is 2.60. The Morgan fingerprint density at radius 3 is 2.11 bits per heavy atom. The van der Waals surface area contributed by atoms with Crippen molar-refractivity contribution >= 4 is 0 Å². The van der Waals surface area contributed by atoms with Crippen LogP contribution >= 0.6 is 0 Å². The van der Waals surface area contributed by atoms with Crippen molar-refractivity contribution in [2.24, 2.45) is 0 Å². The molecular formula is C17H30N2. The van der Waals surface area contributed by atoms with E-state index in [0.29, 0.717) is 6.04 Å². The molecule has 1 aromatic carbocycles. The van der Waals surface area contributed by atoms with Gasteiger partial charge in [-0.3, -0.25) is 0 Å². The van der Waals surface area contributed by atoms with Crippen LogP contribution in [0.4, 0.5) is 0 Å². The SMILES string of the molecule is CCCN(CCC)CCC(NCC)c1ccccc1. The summed E-state index contributed by atoms with van der Waals surface area (Å²) in [6.45, 7) is 11.4. The molecule has 0 saturated carbocycles. The van der Waals surface area contributed by atoms with Crippen molar-refractivity contribution in [2.75, 3.05) is 26.2 Å². The molecular weight excluding hydrogens is 232 g/mol. The molecule has 0 aliphatic carbocycles. The molecule has 1 rings (SSSR count). The van der Waals surface area contributed by atoms with Crippen molar-refractivity contribution in [2.45, 2.75) is 46.1 Å². The van der Waals surface area contributed by atoms with Gasteiger partial charge in [-0.15, -0.1) is 0 Å². The lowest BCUT2D eigenvalue weighted by molar-refractivity contribution is 0.257. The summed E-state index contributed by atoms with van der Waals surface area (Å²) in [6.07, 6.45) is 3.69. The minimum atomic E-state index is 0.488. The van der Waals surface area contributed by atoms with Crippen molar-refractivity contribution in [3.8, 4) is 0 Å². The molecule has 1 aromatic rings. The summed E-state index contributed by atoms with van der Waals surface area (Å²) in [5.74, 6) is 0. The number of hydrogen-bond acceptors (Lipinski definition) is 2. The Balaban J connectivity index is 2.53. The number of rotatable bonds is 10. The summed E-state index contributed by atoms with van der Waals surface area (Å²) < 4.78 is 0. The Bertz CT molecular complexity index is 304. The second-order valence-electron chi connectivity index (χ2n) is 5.15. The second-order valence-corrected chi connectivity index (χ2v) is 5.15. The van der Waals surface area contributed by atoms with Gasteiger partial charge in [0.15, 0.2) is 0 Å². The maximum atomic E-state index is 3.61. The zero-order chi connectivity index (χ0) is 13.9. The van der Waals surface area contributed by atoms with Crippen LogP contribution in [0.15, 0.2) is 30.3 Å². The van der Waals surface area contributed by atoms with E-state index in [1.165, 1.54) is 44.5 Å². The Kier molecular flexibility index (Phi) is 8.52. The average Bonchev–Trinajstić information content (AvgIpc) is 2.44. The van der Waals surface area contributed by atoms with Gasteiger partial charge >= 0.3 is 0 Å². The molecule has 1 atom stereocenters. The Labute approximate surface area is 119 Å². The van der Waals surface area contributed by atoms with E-state index in [1.807, 2.05) is 0 Å². The predicted molar refractivity (Wildman–Crippen MR) is 84.5 cm³/mol. The second kappa shape index (κ2) is 9.99. The summed E-state index contributed by atoms with van der Waals surface area (Å²) >= 11 is 0. The third kappa shape index (κ3) is 6.22. The number of hydrogen-bond donors (Lipinski definition) is 1. The largest absolute Gasteiger partial charge is 0.310 e. The summed E-state index contributed by atoms with van der Waals surface area (Å²) in [5.41, 5.74) is 1.41. The van der Waals surface area contributed by atoms with Gasteiger partial charge in [0.05, 0.1) is 0 Å². The highest BCUT2D eigenvalue weighted by Crippen LogP contribution is 2.17. The van der Waals surface area contributed by atoms with Crippen molar-refractivity contribution in [1.29, 1.82) is 0 Å². The minimum absolute atomic E-state index is 0.488. The first-order valence-corrected chi connectivity index (χ1v) is 7.82. The molecule has 19 heavy (non-hydrogen) atoms. The van der Waals surface area contributed by atoms with Crippen LogP contribution in [-0.4, -0.2) is 31.1 Å². The van der Waals surface area contributed by atoms with E-state index in [4.69, 9.17) is 0 Å².